The van der Waals surface area contributed by atoms with Gasteiger partial charge in [0.15, 0.2) is 5.65 Å². The number of hydrogen-bond donors (Lipinski definition) is 1. The van der Waals surface area contributed by atoms with Crippen LogP contribution in [-0.4, -0.2) is 37.6 Å². The van der Waals surface area contributed by atoms with Gasteiger partial charge in [-0.1, -0.05) is 11.6 Å². The van der Waals surface area contributed by atoms with E-state index in [0.29, 0.717) is 28.2 Å². The number of methoxy groups -OCH3 is 1. The highest BCUT2D eigenvalue weighted by atomic mass is 35.5. The molecule has 0 saturated heterocycles. The smallest absolute Gasteiger partial charge is 0.252 e. The van der Waals surface area contributed by atoms with Gasteiger partial charge in [0.25, 0.3) is 5.91 Å². The standard InChI is InChI=1S/C22H23ClN6O2/c1-5-28-19(18(23)11-25-28)12-24-22(30)17-10-13(2)26-21-20(17)14(3)27-29(21)15-6-8-16(31-4)9-7-15/h6-11H,5,12H2,1-4H3,(H,24,30). The van der Waals surface area contributed by atoms with Gasteiger partial charge in [0.05, 0.1) is 52.9 Å². The number of benzene rings is 1. The molecule has 4 rings (SSSR count). The molecule has 9 heteroatoms. The number of amides is 1. The van der Waals surface area contributed by atoms with Crippen molar-refractivity contribution in [3.8, 4) is 11.4 Å². The van der Waals surface area contributed by atoms with E-state index in [1.165, 1.54) is 0 Å². The molecule has 1 aromatic carbocycles. The van der Waals surface area contributed by atoms with Gasteiger partial charge < -0.3 is 10.1 Å². The highest BCUT2D eigenvalue weighted by Crippen LogP contribution is 2.26. The number of nitrogens with one attached hydrogen (secondary N) is 1. The SMILES string of the molecule is CCn1ncc(Cl)c1CNC(=O)c1cc(C)nc2c1c(C)nn2-c1ccc(OC)cc1. The molecule has 31 heavy (non-hydrogen) atoms. The van der Waals surface area contributed by atoms with E-state index < -0.39 is 0 Å². The van der Waals surface area contributed by atoms with E-state index in [4.69, 9.17) is 16.3 Å². The van der Waals surface area contributed by atoms with Crippen LogP contribution in [0.4, 0.5) is 0 Å². The van der Waals surface area contributed by atoms with Crippen molar-refractivity contribution in [2.45, 2.75) is 33.9 Å². The van der Waals surface area contributed by atoms with Crippen molar-refractivity contribution >= 4 is 28.5 Å². The molecule has 0 aliphatic carbocycles. The number of hydrogen-bond acceptors (Lipinski definition) is 5. The van der Waals surface area contributed by atoms with Gasteiger partial charge in [-0.2, -0.15) is 10.2 Å². The average molecular weight is 439 g/mol. The topological polar surface area (TPSA) is 86.9 Å². The summed E-state index contributed by atoms with van der Waals surface area (Å²) in [6.45, 7) is 6.66. The zero-order valence-electron chi connectivity index (χ0n) is 17.8. The minimum Gasteiger partial charge on any atom is -0.497 e. The molecule has 0 atom stereocenters. The first kappa shape index (κ1) is 20.9. The maximum absolute atomic E-state index is 13.1. The third-order valence-electron chi connectivity index (χ3n) is 5.12. The molecule has 8 nitrogen and oxygen atoms in total. The fraction of sp³-hybridized carbons (Fsp3) is 0.273. The number of halogens is 1. The van der Waals surface area contributed by atoms with Crippen molar-refractivity contribution in [2.75, 3.05) is 7.11 Å². The van der Waals surface area contributed by atoms with Crippen LogP contribution >= 0.6 is 11.6 Å². The summed E-state index contributed by atoms with van der Waals surface area (Å²) in [6.07, 6.45) is 1.59. The first-order chi connectivity index (χ1) is 14.9. The lowest BCUT2D eigenvalue weighted by Gasteiger charge is -2.10. The van der Waals surface area contributed by atoms with Gasteiger partial charge in [0.1, 0.15) is 5.75 Å². The zero-order chi connectivity index (χ0) is 22.1. The van der Waals surface area contributed by atoms with Crippen LogP contribution < -0.4 is 10.1 Å². The first-order valence-electron chi connectivity index (χ1n) is 9.92. The summed E-state index contributed by atoms with van der Waals surface area (Å²) in [5.74, 6) is 0.541. The second-order valence-corrected chi connectivity index (χ2v) is 7.55. The lowest BCUT2D eigenvalue weighted by Crippen LogP contribution is -2.25. The van der Waals surface area contributed by atoms with Crippen molar-refractivity contribution in [1.82, 2.24) is 29.9 Å². The molecule has 0 fully saturated rings. The van der Waals surface area contributed by atoms with Crippen molar-refractivity contribution in [2.24, 2.45) is 0 Å². The zero-order valence-corrected chi connectivity index (χ0v) is 18.6. The number of carbonyl (C=O) groups excluding carboxylic acids is 1. The highest BCUT2D eigenvalue weighted by Gasteiger charge is 2.20. The molecule has 1 N–H and O–H groups in total. The Morgan fingerprint density at radius 3 is 2.65 bits per heavy atom. The quantitative estimate of drug-likeness (QED) is 0.494. The van der Waals surface area contributed by atoms with E-state index >= 15 is 0 Å². The first-order valence-corrected chi connectivity index (χ1v) is 10.3. The van der Waals surface area contributed by atoms with Gasteiger partial charge in [-0.3, -0.25) is 9.48 Å². The number of aryl methyl sites for hydroxylation is 3. The molecule has 0 aliphatic heterocycles. The normalized spacial score (nSPS) is 11.1. The second-order valence-electron chi connectivity index (χ2n) is 7.14. The monoisotopic (exact) mass is 438 g/mol. The van der Waals surface area contributed by atoms with Crippen LogP contribution in [0.3, 0.4) is 0 Å². The van der Waals surface area contributed by atoms with Crippen LogP contribution in [0.1, 0.15) is 34.4 Å². The van der Waals surface area contributed by atoms with Crippen LogP contribution in [0.5, 0.6) is 5.75 Å². The van der Waals surface area contributed by atoms with Crippen LogP contribution in [-0.2, 0) is 13.1 Å². The molecule has 0 aliphatic rings. The molecule has 160 valence electrons. The Balaban J connectivity index is 1.72. The van der Waals surface area contributed by atoms with E-state index in [0.717, 1.165) is 28.5 Å². The molecule has 0 saturated carbocycles. The van der Waals surface area contributed by atoms with E-state index in [1.807, 2.05) is 45.0 Å². The minimum atomic E-state index is -0.215. The van der Waals surface area contributed by atoms with Crippen molar-refractivity contribution < 1.29 is 9.53 Å². The van der Waals surface area contributed by atoms with Crippen LogP contribution in [0.15, 0.2) is 36.5 Å². The van der Waals surface area contributed by atoms with Crippen LogP contribution in [0.2, 0.25) is 5.02 Å². The fourth-order valence-corrected chi connectivity index (χ4v) is 3.80. The van der Waals surface area contributed by atoms with Gasteiger partial charge in [-0.15, -0.1) is 0 Å². The van der Waals surface area contributed by atoms with Gasteiger partial charge in [0, 0.05) is 12.2 Å². The number of aromatic nitrogens is 5. The maximum atomic E-state index is 13.1. The summed E-state index contributed by atoms with van der Waals surface area (Å²) < 4.78 is 8.75. The van der Waals surface area contributed by atoms with Gasteiger partial charge in [-0.25, -0.2) is 9.67 Å². The largest absolute Gasteiger partial charge is 0.497 e. The fourth-order valence-electron chi connectivity index (χ4n) is 3.59. The summed E-state index contributed by atoms with van der Waals surface area (Å²) in [5, 5.41) is 13.1. The predicted octanol–water partition coefficient (Wildman–Crippen LogP) is 3.85. The molecule has 3 aromatic heterocycles. The summed E-state index contributed by atoms with van der Waals surface area (Å²) in [6, 6.07) is 9.32. The molecular formula is C22H23ClN6O2. The lowest BCUT2D eigenvalue weighted by atomic mass is 10.1. The molecule has 4 aromatic rings. The van der Waals surface area contributed by atoms with Gasteiger partial charge in [0.2, 0.25) is 0 Å². The predicted molar refractivity (Wildman–Crippen MR) is 119 cm³/mol. The lowest BCUT2D eigenvalue weighted by molar-refractivity contribution is 0.0951. The van der Waals surface area contributed by atoms with Crippen LogP contribution in [0.25, 0.3) is 16.7 Å². The molecule has 0 radical (unpaired) electrons. The Hall–Kier alpha value is -3.39. The Morgan fingerprint density at radius 1 is 1.23 bits per heavy atom. The van der Waals surface area contributed by atoms with Gasteiger partial charge in [-0.05, 0) is 51.1 Å². The third-order valence-corrected chi connectivity index (χ3v) is 5.43. The molecule has 0 spiro atoms. The van der Waals surface area contributed by atoms with Crippen LogP contribution in [0, 0.1) is 13.8 Å². The highest BCUT2D eigenvalue weighted by molar-refractivity contribution is 6.31. The molecule has 1 amide bonds. The van der Waals surface area contributed by atoms with Crippen molar-refractivity contribution in [1.29, 1.82) is 0 Å². The van der Waals surface area contributed by atoms with Gasteiger partial charge >= 0.3 is 0 Å². The summed E-state index contributed by atoms with van der Waals surface area (Å²) in [4.78, 5) is 17.8. The number of rotatable bonds is 6. The Kier molecular flexibility index (Phi) is 5.65. The van der Waals surface area contributed by atoms with E-state index in [9.17, 15) is 4.79 Å². The summed E-state index contributed by atoms with van der Waals surface area (Å²) in [5.41, 5.74) is 4.21. The maximum Gasteiger partial charge on any atom is 0.252 e. The Morgan fingerprint density at radius 2 is 1.97 bits per heavy atom. The third kappa shape index (κ3) is 3.86. The number of ether oxygens (including phenoxy) is 1. The average Bonchev–Trinajstić information content (AvgIpc) is 3.30. The van der Waals surface area contributed by atoms with E-state index in [2.05, 4.69) is 20.5 Å². The molecular weight excluding hydrogens is 416 g/mol. The Labute approximate surface area is 184 Å². The van der Waals surface area contributed by atoms with Crippen molar-refractivity contribution in [3.05, 3.63) is 64.2 Å². The minimum absolute atomic E-state index is 0.215. The Bertz CT molecular complexity index is 1260. The molecule has 0 bridgehead atoms. The number of carbonyl (C=O) groups is 1. The second kappa shape index (κ2) is 8.39. The van der Waals surface area contributed by atoms with Crippen molar-refractivity contribution in [3.63, 3.8) is 0 Å². The number of nitrogens with zero attached hydrogens (tertiary/aromatic N) is 5. The summed E-state index contributed by atoms with van der Waals surface area (Å²) in [7, 11) is 1.62. The number of fused-ring (bicyclic) bond motifs is 1. The van der Waals surface area contributed by atoms with E-state index in [1.54, 1.807) is 28.7 Å². The molecule has 3 heterocycles. The van der Waals surface area contributed by atoms with E-state index in [-0.39, 0.29) is 12.5 Å². The number of pyridine rings is 1. The molecule has 0 unspecified atom stereocenters. The summed E-state index contributed by atoms with van der Waals surface area (Å²) >= 11 is 6.22.